The molecule has 2 saturated heterocycles. The largest absolute Gasteiger partial charge is 0.524 e. The second-order valence-electron chi connectivity index (χ2n) is 12.0. The number of piperazine rings is 1. The van der Waals surface area contributed by atoms with Gasteiger partial charge in [0.05, 0.1) is 23.3 Å². The van der Waals surface area contributed by atoms with E-state index in [0.717, 1.165) is 16.9 Å². The average molecular weight is 772 g/mol. The zero-order valence-corrected chi connectivity index (χ0v) is 30.0. The number of benzene rings is 3. The number of rotatable bonds is 12. The number of phosphoric acid groups is 1. The lowest BCUT2D eigenvalue weighted by Crippen LogP contribution is -2.76. The third-order valence-corrected chi connectivity index (χ3v) is 10.4. The molecule has 2 fully saturated rings. The highest BCUT2D eigenvalue weighted by molar-refractivity contribution is 7.54. The fourth-order valence-electron chi connectivity index (χ4n) is 6.26. The number of carbonyl (C=O) groups is 3. The van der Waals surface area contributed by atoms with Crippen molar-refractivity contribution in [3.63, 3.8) is 0 Å². The zero-order chi connectivity index (χ0) is 37.2. The minimum Gasteiger partial charge on any atom is -0.404 e. The summed E-state index contributed by atoms with van der Waals surface area (Å²) >= 11 is 1.03. The van der Waals surface area contributed by atoms with Gasteiger partial charge in [-0.2, -0.15) is 0 Å². The van der Waals surface area contributed by atoms with Gasteiger partial charge in [0, 0.05) is 26.1 Å². The first-order valence-corrected chi connectivity index (χ1v) is 19.8. The van der Waals surface area contributed by atoms with Crippen molar-refractivity contribution in [1.29, 1.82) is 0 Å². The number of anilines is 1. The molecule has 17 nitrogen and oxygen atoms in total. The molecule has 0 bridgehead atoms. The van der Waals surface area contributed by atoms with Gasteiger partial charge in [0.1, 0.15) is 18.0 Å². The molecule has 274 valence electrons. The molecular weight excluding hydrogens is 736 g/mol. The standard InChI is InChI=1S/C32H35N7O10P2S/c1-2-15-37-20-28(40)38-25(16-21-11-13-24(14-12-21)49-51(46,47)48)30(41)36(19-27(38)39(37)32(42)33-17-22-7-4-3-5-8-22)18-23-9-6-10-26-29(23)34-31(52-26)35-50(43,44)45/h2-14,25,27H,1,15-20H2,(H,33,42)(H2,46,47,48)(H3,34,35,43,44,45)/t25?,27-/m0/s1. The summed E-state index contributed by atoms with van der Waals surface area (Å²) in [5, 5.41) is 8.02. The molecule has 6 N–H and O–H groups in total. The minimum absolute atomic E-state index is 0.00445. The molecule has 1 aromatic heterocycles. The maximum Gasteiger partial charge on any atom is 0.524 e. The molecule has 20 heteroatoms. The van der Waals surface area contributed by atoms with E-state index in [9.17, 15) is 43.1 Å². The van der Waals surface area contributed by atoms with Gasteiger partial charge >= 0.3 is 21.6 Å². The molecule has 3 heterocycles. The van der Waals surface area contributed by atoms with Crippen molar-refractivity contribution in [1.82, 2.24) is 30.1 Å². The van der Waals surface area contributed by atoms with E-state index in [4.69, 9.17) is 0 Å². The monoisotopic (exact) mass is 771 g/mol. The summed E-state index contributed by atoms with van der Waals surface area (Å²) in [6.45, 7) is 3.84. The van der Waals surface area contributed by atoms with Crippen LogP contribution in [0.2, 0.25) is 0 Å². The lowest BCUT2D eigenvalue weighted by molar-refractivity contribution is -0.189. The Kier molecular flexibility index (Phi) is 10.8. The number of urea groups is 1. The Morgan fingerprint density at radius 2 is 1.73 bits per heavy atom. The number of nitrogens with one attached hydrogen (secondary N) is 2. The number of phosphoric ester groups is 1. The Balaban J connectivity index is 1.36. The predicted molar refractivity (Wildman–Crippen MR) is 190 cm³/mol. The molecule has 52 heavy (non-hydrogen) atoms. The Bertz CT molecular complexity index is 2070. The van der Waals surface area contributed by atoms with Gasteiger partial charge in [-0.1, -0.05) is 72.0 Å². The zero-order valence-electron chi connectivity index (χ0n) is 27.4. The lowest BCUT2D eigenvalue weighted by atomic mass is 9.98. The van der Waals surface area contributed by atoms with Gasteiger partial charge < -0.3 is 29.4 Å². The summed E-state index contributed by atoms with van der Waals surface area (Å²) < 4.78 is 28.2. The fourth-order valence-corrected chi connectivity index (χ4v) is 8.26. The Morgan fingerprint density at radius 1 is 1.00 bits per heavy atom. The first kappa shape index (κ1) is 37.1. The average Bonchev–Trinajstić information content (AvgIpc) is 3.48. The first-order valence-electron chi connectivity index (χ1n) is 15.8. The van der Waals surface area contributed by atoms with Crippen LogP contribution in [-0.2, 0) is 38.2 Å². The van der Waals surface area contributed by atoms with Crippen LogP contribution in [0, 0.1) is 0 Å². The van der Waals surface area contributed by atoms with Crippen LogP contribution < -0.4 is 14.9 Å². The van der Waals surface area contributed by atoms with Crippen molar-refractivity contribution in [2.45, 2.75) is 31.7 Å². The second kappa shape index (κ2) is 15.1. The number of carbonyl (C=O) groups excluding carboxylic acids is 3. The molecule has 0 radical (unpaired) electrons. The summed E-state index contributed by atoms with van der Waals surface area (Å²) in [5.41, 5.74) is 2.39. The number of para-hydroxylation sites is 1. The molecule has 4 amide bonds. The van der Waals surface area contributed by atoms with Gasteiger partial charge in [-0.15, -0.1) is 6.58 Å². The van der Waals surface area contributed by atoms with E-state index in [1.165, 1.54) is 39.1 Å². The van der Waals surface area contributed by atoms with Crippen LogP contribution in [0.3, 0.4) is 0 Å². The van der Waals surface area contributed by atoms with E-state index in [2.05, 4.69) is 26.5 Å². The topological polar surface area (TPSA) is 225 Å². The normalized spacial score (nSPS) is 18.3. The molecular formula is C32H35N7O10P2S. The SMILES string of the molecule is C=CCN1CC(=O)N2C(Cc3ccc(OP(=O)(O)O)cc3)C(=O)N(Cc3cccc4sc(NP(=O)(O)O)nc34)C[C@@H]2N1C(=O)NCc1ccccc1. The van der Waals surface area contributed by atoms with E-state index in [1.807, 2.05) is 30.3 Å². The van der Waals surface area contributed by atoms with Crippen molar-refractivity contribution in [2.24, 2.45) is 0 Å². The Morgan fingerprint density at radius 3 is 2.40 bits per heavy atom. The molecule has 2 aliphatic heterocycles. The number of hydrogen-bond acceptors (Lipinski definition) is 9. The van der Waals surface area contributed by atoms with Crippen LogP contribution in [-0.4, -0.2) is 94.1 Å². The molecule has 0 aliphatic carbocycles. The van der Waals surface area contributed by atoms with Crippen molar-refractivity contribution < 1.29 is 47.6 Å². The van der Waals surface area contributed by atoms with E-state index >= 15 is 0 Å². The number of hydrogen-bond donors (Lipinski definition) is 6. The molecule has 2 atom stereocenters. The van der Waals surface area contributed by atoms with Crippen molar-refractivity contribution >= 4 is 60.1 Å². The van der Waals surface area contributed by atoms with E-state index in [0.29, 0.717) is 21.3 Å². The van der Waals surface area contributed by atoms with Gasteiger partial charge in [-0.25, -0.2) is 28.9 Å². The summed E-state index contributed by atoms with van der Waals surface area (Å²) in [6, 6.07) is 18.6. The summed E-state index contributed by atoms with van der Waals surface area (Å²) in [5.74, 6) is -0.915. The van der Waals surface area contributed by atoms with Crippen molar-refractivity contribution in [3.8, 4) is 5.75 Å². The third-order valence-electron chi connectivity index (χ3n) is 8.35. The quantitative estimate of drug-likeness (QED) is 0.0901. The molecule has 0 saturated carbocycles. The van der Waals surface area contributed by atoms with Gasteiger partial charge in [0.15, 0.2) is 5.13 Å². The number of thiazole rings is 1. The number of aromatic nitrogens is 1. The maximum atomic E-state index is 14.4. The number of fused-ring (bicyclic) bond motifs is 2. The molecule has 3 aromatic carbocycles. The maximum absolute atomic E-state index is 14.4. The van der Waals surface area contributed by atoms with Crippen molar-refractivity contribution in [3.05, 3.63) is 102 Å². The molecule has 1 unspecified atom stereocenters. The van der Waals surface area contributed by atoms with Gasteiger partial charge in [0.25, 0.3) is 0 Å². The fraction of sp³-hybridized carbons (Fsp3) is 0.250. The predicted octanol–water partition coefficient (Wildman–Crippen LogP) is 3.01. The number of nitrogens with zero attached hydrogens (tertiary/aromatic N) is 5. The van der Waals surface area contributed by atoms with E-state index in [-0.39, 0.29) is 50.0 Å². The third kappa shape index (κ3) is 8.69. The number of amides is 4. The lowest BCUT2D eigenvalue weighted by Gasteiger charge is -2.55. The van der Waals surface area contributed by atoms with Gasteiger partial charge in [0.2, 0.25) is 11.8 Å². The number of hydrazine groups is 1. The van der Waals surface area contributed by atoms with Crippen LogP contribution in [0.1, 0.15) is 16.7 Å². The first-order chi connectivity index (χ1) is 24.7. The molecule has 0 spiro atoms. The van der Waals surface area contributed by atoms with Gasteiger partial charge in [-0.3, -0.25) is 24.5 Å². The van der Waals surface area contributed by atoms with Crippen LogP contribution in [0.15, 0.2) is 85.5 Å². The molecule has 6 rings (SSSR count). The van der Waals surface area contributed by atoms with Gasteiger partial charge in [-0.05, 0) is 34.9 Å². The Hall–Kier alpha value is -4.64. The summed E-state index contributed by atoms with van der Waals surface area (Å²) in [6.07, 6.45) is 0.599. The minimum atomic E-state index is -4.81. The van der Waals surface area contributed by atoms with Crippen LogP contribution >= 0.6 is 26.9 Å². The summed E-state index contributed by atoms with van der Waals surface area (Å²) in [7, 11) is -9.45. The second-order valence-corrected chi connectivity index (χ2v) is 15.5. The molecule has 2 aliphatic rings. The highest BCUT2D eigenvalue weighted by atomic mass is 32.1. The Labute approximate surface area is 301 Å². The highest BCUT2D eigenvalue weighted by Crippen LogP contribution is 2.40. The van der Waals surface area contributed by atoms with Crippen LogP contribution in [0.5, 0.6) is 5.75 Å². The summed E-state index contributed by atoms with van der Waals surface area (Å²) in [4.78, 5) is 86.9. The smallest absolute Gasteiger partial charge is 0.404 e. The molecule has 4 aromatic rings. The van der Waals surface area contributed by atoms with Crippen LogP contribution in [0.25, 0.3) is 10.2 Å². The van der Waals surface area contributed by atoms with E-state index < -0.39 is 45.6 Å². The highest BCUT2D eigenvalue weighted by Gasteiger charge is 2.51. The van der Waals surface area contributed by atoms with Crippen LogP contribution in [0.4, 0.5) is 9.93 Å². The van der Waals surface area contributed by atoms with Crippen molar-refractivity contribution in [2.75, 3.05) is 24.7 Å². The van der Waals surface area contributed by atoms with E-state index in [1.54, 1.807) is 29.3 Å².